The van der Waals surface area contributed by atoms with Crippen molar-refractivity contribution in [3.63, 3.8) is 0 Å². The highest BCUT2D eigenvalue weighted by Crippen LogP contribution is 2.25. The van der Waals surface area contributed by atoms with Crippen LogP contribution in [0.15, 0.2) is 27.8 Å². The van der Waals surface area contributed by atoms with Crippen LogP contribution in [0.5, 0.6) is 0 Å². The summed E-state index contributed by atoms with van der Waals surface area (Å²) < 4.78 is 27.9. The third-order valence-corrected chi connectivity index (χ3v) is 4.53. The van der Waals surface area contributed by atoms with E-state index in [1.54, 1.807) is 24.3 Å². The molecule has 0 radical (unpaired) electrons. The zero-order chi connectivity index (χ0) is 14.6. The Morgan fingerprint density at radius 3 is 2.63 bits per heavy atom. The summed E-state index contributed by atoms with van der Waals surface area (Å²) >= 11 is 9.17. The largest absolute Gasteiger partial charge is 0.330 e. The lowest BCUT2D eigenvalue weighted by atomic mass is 10.1. The van der Waals surface area contributed by atoms with E-state index in [1.807, 2.05) is 0 Å². The van der Waals surface area contributed by atoms with Gasteiger partial charge in [-0.2, -0.15) is 13.7 Å². The summed E-state index contributed by atoms with van der Waals surface area (Å²) in [5.41, 5.74) is 0.0623. The highest BCUT2D eigenvalue weighted by Gasteiger charge is 2.19. The maximum absolute atomic E-state index is 11.5. The summed E-state index contributed by atoms with van der Waals surface area (Å²) in [5.74, 6) is 0. The summed E-state index contributed by atoms with van der Waals surface area (Å²) in [7, 11) is -3.83. The standard InChI is InChI=1S/C11H10BrClN2O3S/c1-7(2)19(16,17)18-15-10(6-14)11-8(12)4-3-5-9(11)13/h3-5,7H,1-2H3. The van der Waals surface area contributed by atoms with E-state index in [2.05, 4.69) is 25.4 Å². The zero-order valence-electron chi connectivity index (χ0n) is 10.1. The highest BCUT2D eigenvalue weighted by molar-refractivity contribution is 9.10. The Labute approximate surface area is 125 Å². The molecule has 1 aromatic rings. The zero-order valence-corrected chi connectivity index (χ0v) is 13.3. The van der Waals surface area contributed by atoms with Crippen molar-refractivity contribution in [3.8, 4) is 6.07 Å². The minimum absolute atomic E-state index is 0.221. The van der Waals surface area contributed by atoms with Crippen LogP contribution in [0.4, 0.5) is 0 Å². The summed E-state index contributed by atoms with van der Waals surface area (Å²) in [6.07, 6.45) is 0. The SMILES string of the molecule is CC(C)S(=O)(=O)ON=C(C#N)c1c(Cl)cccc1Br. The van der Waals surface area contributed by atoms with Gasteiger partial charge in [0.1, 0.15) is 6.07 Å². The molecule has 1 aromatic carbocycles. The average Bonchev–Trinajstić information content (AvgIpc) is 2.32. The first-order valence-corrected chi connectivity index (χ1v) is 7.78. The topological polar surface area (TPSA) is 79.5 Å². The quantitative estimate of drug-likeness (QED) is 0.606. The van der Waals surface area contributed by atoms with Gasteiger partial charge in [0.25, 0.3) is 0 Å². The van der Waals surface area contributed by atoms with Gasteiger partial charge in [-0.25, -0.2) is 0 Å². The van der Waals surface area contributed by atoms with Crippen LogP contribution in [0.2, 0.25) is 5.02 Å². The average molecular weight is 366 g/mol. The third-order valence-electron chi connectivity index (χ3n) is 2.12. The van der Waals surface area contributed by atoms with E-state index in [0.717, 1.165) is 0 Å². The Morgan fingerprint density at radius 2 is 2.16 bits per heavy atom. The second kappa shape index (κ2) is 6.37. The molecule has 1 rings (SSSR count). The van der Waals surface area contributed by atoms with Gasteiger partial charge >= 0.3 is 10.1 Å². The molecule has 0 aliphatic carbocycles. The number of oxime groups is 1. The minimum atomic E-state index is -3.83. The molecule has 0 aliphatic rings. The van der Waals surface area contributed by atoms with Gasteiger partial charge in [0.05, 0.1) is 10.3 Å². The molecule has 0 heterocycles. The van der Waals surface area contributed by atoms with Crippen LogP contribution in [0.3, 0.4) is 0 Å². The number of benzene rings is 1. The third kappa shape index (κ3) is 3.93. The molecule has 0 spiro atoms. The van der Waals surface area contributed by atoms with Crippen molar-refractivity contribution in [1.29, 1.82) is 5.26 Å². The maximum atomic E-state index is 11.5. The van der Waals surface area contributed by atoms with Crippen LogP contribution in [-0.2, 0) is 14.4 Å². The fourth-order valence-electron chi connectivity index (χ4n) is 1.02. The van der Waals surface area contributed by atoms with E-state index < -0.39 is 15.4 Å². The van der Waals surface area contributed by atoms with Crippen molar-refractivity contribution < 1.29 is 12.7 Å². The fraction of sp³-hybridized carbons (Fsp3) is 0.273. The molecule has 0 N–H and O–H groups in total. The first-order chi connectivity index (χ1) is 8.79. The molecule has 19 heavy (non-hydrogen) atoms. The summed E-state index contributed by atoms with van der Waals surface area (Å²) in [6.45, 7) is 2.89. The number of hydrogen-bond donors (Lipinski definition) is 0. The number of hydrogen-bond acceptors (Lipinski definition) is 5. The van der Waals surface area contributed by atoms with Crippen molar-refractivity contribution in [2.75, 3.05) is 0 Å². The smallest absolute Gasteiger partial charge is 0.267 e. The first kappa shape index (κ1) is 16.0. The molecule has 0 unspecified atom stereocenters. The number of halogens is 2. The van der Waals surface area contributed by atoms with E-state index >= 15 is 0 Å². The molecule has 0 fully saturated rings. The predicted octanol–water partition coefficient (Wildman–Crippen LogP) is 3.08. The van der Waals surface area contributed by atoms with Crippen LogP contribution < -0.4 is 0 Å². The normalized spacial score (nSPS) is 12.3. The van der Waals surface area contributed by atoms with Gasteiger partial charge in [0, 0.05) is 10.0 Å². The van der Waals surface area contributed by atoms with Crippen molar-refractivity contribution in [2.24, 2.45) is 5.16 Å². The fourth-order valence-corrected chi connectivity index (χ4v) is 2.30. The lowest BCUT2D eigenvalue weighted by Gasteiger charge is -2.06. The molecule has 0 aromatic heterocycles. The number of nitriles is 1. The van der Waals surface area contributed by atoms with Crippen LogP contribution >= 0.6 is 27.5 Å². The Hall–Kier alpha value is -1.10. The van der Waals surface area contributed by atoms with Crippen molar-refractivity contribution in [2.45, 2.75) is 19.1 Å². The first-order valence-electron chi connectivity index (χ1n) is 5.14. The molecule has 8 heteroatoms. The van der Waals surface area contributed by atoms with E-state index in [1.165, 1.54) is 13.8 Å². The molecular weight excluding hydrogens is 356 g/mol. The molecule has 102 valence electrons. The highest BCUT2D eigenvalue weighted by atomic mass is 79.9. The molecule has 5 nitrogen and oxygen atoms in total. The molecule has 0 bridgehead atoms. The van der Waals surface area contributed by atoms with E-state index in [0.29, 0.717) is 4.47 Å². The molecule has 0 amide bonds. The van der Waals surface area contributed by atoms with Gasteiger partial charge in [-0.15, -0.1) is 0 Å². The molecule has 0 saturated heterocycles. The van der Waals surface area contributed by atoms with Gasteiger partial charge in [0.15, 0.2) is 5.71 Å². The second-order valence-electron chi connectivity index (χ2n) is 3.76. The van der Waals surface area contributed by atoms with Crippen LogP contribution in [0, 0.1) is 11.3 Å². The molecule has 0 saturated carbocycles. The van der Waals surface area contributed by atoms with Gasteiger partial charge < -0.3 is 0 Å². The lowest BCUT2D eigenvalue weighted by Crippen LogP contribution is -2.15. The second-order valence-corrected chi connectivity index (χ2v) is 7.10. The Kier molecular flexibility index (Phi) is 5.35. The van der Waals surface area contributed by atoms with Crippen molar-refractivity contribution in [1.82, 2.24) is 0 Å². The van der Waals surface area contributed by atoms with Crippen LogP contribution in [-0.4, -0.2) is 19.4 Å². The summed E-state index contributed by atoms with van der Waals surface area (Å²) in [6, 6.07) is 6.65. The Morgan fingerprint density at radius 1 is 1.53 bits per heavy atom. The molecular formula is C11H10BrClN2O3S. The van der Waals surface area contributed by atoms with Gasteiger partial charge in [-0.05, 0) is 26.0 Å². The maximum Gasteiger partial charge on any atom is 0.330 e. The minimum Gasteiger partial charge on any atom is -0.267 e. The summed E-state index contributed by atoms with van der Waals surface area (Å²) in [5, 5.41) is 11.9. The molecule has 0 aliphatic heterocycles. The number of rotatable bonds is 4. The lowest BCUT2D eigenvalue weighted by molar-refractivity contribution is 0.334. The van der Waals surface area contributed by atoms with Crippen molar-refractivity contribution in [3.05, 3.63) is 33.3 Å². The Bertz CT molecular complexity index is 630. The van der Waals surface area contributed by atoms with Crippen LogP contribution in [0.25, 0.3) is 0 Å². The molecule has 0 atom stereocenters. The van der Waals surface area contributed by atoms with Crippen molar-refractivity contribution >= 4 is 43.4 Å². The van der Waals surface area contributed by atoms with Gasteiger partial charge in [-0.3, -0.25) is 4.28 Å². The predicted molar refractivity (Wildman–Crippen MR) is 76.4 cm³/mol. The van der Waals surface area contributed by atoms with E-state index in [-0.39, 0.29) is 16.3 Å². The van der Waals surface area contributed by atoms with Gasteiger partial charge in [-0.1, -0.05) is 38.8 Å². The Balaban J connectivity index is 3.20. The number of nitrogens with zero attached hydrogens (tertiary/aromatic N) is 2. The van der Waals surface area contributed by atoms with E-state index in [9.17, 15) is 8.42 Å². The van der Waals surface area contributed by atoms with Gasteiger partial charge in [0.2, 0.25) is 0 Å². The van der Waals surface area contributed by atoms with E-state index in [4.69, 9.17) is 16.9 Å². The van der Waals surface area contributed by atoms with Crippen LogP contribution in [0.1, 0.15) is 19.4 Å². The monoisotopic (exact) mass is 364 g/mol. The summed E-state index contributed by atoms with van der Waals surface area (Å²) in [4.78, 5) is 0.